The topological polar surface area (TPSA) is 47.8 Å². The van der Waals surface area contributed by atoms with Gasteiger partial charge in [-0.15, -0.1) is 11.3 Å². The molecular weight excluding hydrogens is 258 g/mol. The third-order valence-corrected chi connectivity index (χ3v) is 4.07. The van der Waals surface area contributed by atoms with E-state index in [0.717, 1.165) is 34.4 Å². The van der Waals surface area contributed by atoms with E-state index in [4.69, 9.17) is 0 Å². The van der Waals surface area contributed by atoms with Gasteiger partial charge in [-0.1, -0.05) is 6.92 Å². The highest BCUT2D eigenvalue weighted by Crippen LogP contribution is 2.20. The highest BCUT2D eigenvalue weighted by Gasteiger charge is 2.10. The third kappa shape index (κ3) is 2.17. The molecule has 0 radical (unpaired) electrons. The Kier molecular flexibility index (Phi) is 3.13. The third-order valence-electron chi connectivity index (χ3n) is 3.03. The first-order valence-electron chi connectivity index (χ1n) is 6.14. The zero-order chi connectivity index (χ0) is 13.2. The summed E-state index contributed by atoms with van der Waals surface area (Å²) in [5, 5.41) is 4.09. The minimum absolute atomic E-state index is 0.651. The molecule has 0 aliphatic heterocycles. The van der Waals surface area contributed by atoms with E-state index in [1.807, 2.05) is 22.9 Å². The summed E-state index contributed by atoms with van der Waals surface area (Å²) in [5.74, 6) is 0. The average Bonchev–Trinajstić information content (AvgIpc) is 3.04. The summed E-state index contributed by atoms with van der Waals surface area (Å²) < 4.78 is 1.98. The molecule has 19 heavy (non-hydrogen) atoms. The maximum Gasteiger partial charge on any atom is 0.152 e. The predicted octanol–water partition coefficient (Wildman–Crippen LogP) is 2.92. The maximum atomic E-state index is 11.1. The molecule has 0 aliphatic carbocycles. The normalized spacial score (nSPS) is 11.0. The highest BCUT2D eigenvalue weighted by atomic mass is 32.1. The van der Waals surface area contributed by atoms with Gasteiger partial charge in [0, 0.05) is 28.7 Å². The zero-order valence-electron chi connectivity index (χ0n) is 10.5. The van der Waals surface area contributed by atoms with Gasteiger partial charge in [-0.3, -0.25) is 4.79 Å². The van der Waals surface area contributed by atoms with E-state index in [9.17, 15) is 4.79 Å². The summed E-state index contributed by atoms with van der Waals surface area (Å²) in [5.41, 5.74) is 2.52. The van der Waals surface area contributed by atoms with Gasteiger partial charge in [0.2, 0.25) is 0 Å². The number of hydrogen-bond acceptors (Lipinski definition) is 4. The van der Waals surface area contributed by atoms with Gasteiger partial charge in [0.05, 0.1) is 17.2 Å². The van der Waals surface area contributed by atoms with E-state index in [2.05, 4.69) is 22.3 Å². The van der Waals surface area contributed by atoms with Crippen molar-refractivity contribution >= 4 is 28.7 Å². The molecule has 0 aliphatic rings. The van der Waals surface area contributed by atoms with Crippen molar-refractivity contribution in [2.75, 3.05) is 0 Å². The number of hydrogen-bond donors (Lipinski definition) is 0. The fourth-order valence-corrected chi connectivity index (χ4v) is 2.86. The van der Waals surface area contributed by atoms with Crippen LogP contribution in [-0.2, 0) is 13.0 Å². The maximum absolute atomic E-state index is 11.1. The van der Waals surface area contributed by atoms with Crippen LogP contribution in [0.3, 0.4) is 0 Å². The Labute approximate surface area is 114 Å². The SMILES string of the molecule is CCc1nc(Cn2cc(C=O)c3cccnc32)cs1. The van der Waals surface area contributed by atoms with Gasteiger partial charge in [-0.05, 0) is 18.6 Å². The molecule has 0 spiro atoms. The Bertz CT molecular complexity index is 729. The van der Waals surface area contributed by atoms with Crippen LogP contribution in [0.4, 0.5) is 0 Å². The summed E-state index contributed by atoms with van der Waals surface area (Å²) in [6.07, 6.45) is 5.41. The number of aldehydes is 1. The van der Waals surface area contributed by atoms with Crippen LogP contribution in [0.15, 0.2) is 29.9 Å². The molecule has 0 saturated carbocycles. The molecule has 96 valence electrons. The van der Waals surface area contributed by atoms with E-state index >= 15 is 0 Å². The monoisotopic (exact) mass is 271 g/mol. The Hall–Kier alpha value is -2.01. The second kappa shape index (κ2) is 4.93. The lowest BCUT2D eigenvalue weighted by Crippen LogP contribution is -1.99. The number of aromatic nitrogens is 3. The van der Waals surface area contributed by atoms with Crippen LogP contribution in [0.2, 0.25) is 0 Å². The summed E-state index contributed by atoms with van der Waals surface area (Å²) >= 11 is 1.67. The minimum Gasteiger partial charge on any atom is -0.326 e. The van der Waals surface area contributed by atoms with E-state index in [-0.39, 0.29) is 0 Å². The Morgan fingerprint density at radius 1 is 1.47 bits per heavy atom. The van der Waals surface area contributed by atoms with Crippen LogP contribution in [-0.4, -0.2) is 20.8 Å². The van der Waals surface area contributed by atoms with Gasteiger partial charge in [0.25, 0.3) is 0 Å². The van der Waals surface area contributed by atoms with Crippen LogP contribution < -0.4 is 0 Å². The van der Waals surface area contributed by atoms with Crippen LogP contribution in [0.5, 0.6) is 0 Å². The van der Waals surface area contributed by atoms with Gasteiger partial charge in [0.1, 0.15) is 5.65 Å². The van der Waals surface area contributed by atoms with Crippen molar-refractivity contribution in [1.82, 2.24) is 14.5 Å². The molecule has 3 rings (SSSR count). The van der Waals surface area contributed by atoms with Crippen molar-refractivity contribution < 1.29 is 4.79 Å². The van der Waals surface area contributed by atoms with Gasteiger partial charge < -0.3 is 4.57 Å². The van der Waals surface area contributed by atoms with Crippen molar-refractivity contribution in [2.45, 2.75) is 19.9 Å². The number of nitrogens with zero attached hydrogens (tertiary/aromatic N) is 3. The van der Waals surface area contributed by atoms with Crippen LogP contribution in [0, 0.1) is 0 Å². The standard InChI is InChI=1S/C14H13N3OS/c1-2-13-16-11(9-19-13)7-17-6-10(8-18)12-4-3-5-15-14(12)17/h3-6,8-9H,2,7H2,1H3. The Morgan fingerprint density at radius 3 is 3.11 bits per heavy atom. The second-order valence-electron chi connectivity index (χ2n) is 4.29. The van der Waals surface area contributed by atoms with Gasteiger partial charge >= 0.3 is 0 Å². The summed E-state index contributed by atoms with van der Waals surface area (Å²) in [6.45, 7) is 2.75. The smallest absolute Gasteiger partial charge is 0.152 e. The first-order valence-corrected chi connectivity index (χ1v) is 7.02. The highest BCUT2D eigenvalue weighted by molar-refractivity contribution is 7.09. The quantitative estimate of drug-likeness (QED) is 0.685. The number of pyridine rings is 1. The van der Waals surface area contributed by atoms with Crippen molar-refractivity contribution in [3.05, 3.63) is 46.2 Å². The molecule has 0 aromatic carbocycles. The predicted molar refractivity (Wildman–Crippen MR) is 75.7 cm³/mol. The van der Waals surface area contributed by atoms with Crippen molar-refractivity contribution in [1.29, 1.82) is 0 Å². The lowest BCUT2D eigenvalue weighted by atomic mass is 10.2. The lowest BCUT2D eigenvalue weighted by molar-refractivity contribution is 0.112. The minimum atomic E-state index is 0.651. The van der Waals surface area contributed by atoms with Crippen molar-refractivity contribution in [3.63, 3.8) is 0 Å². The fraction of sp³-hybridized carbons (Fsp3) is 0.214. The number of aryl methyl sites for hydroxylation is 1. The number of carbonyl (C=O) groups is 1. The molecule has 0 unspecified atom stereocenters. The zero-order valence-corrected chi connectivity index (χ0v) is 11.4. The molecular formula is C14H13N3OS. The van der Waals surface area contributed by atoms with E-state index in [0.29, 0.717) is 12.1 Å². The molecule has 0 amide bonds. The average molecular weight is 271 g/mol. The number of rotatable bonds is 4. The molecule has 3 aromatic heterocycles. The molecule has 0 atom stereocenters. The number of fused-ring (bicyclic) bond motifs is 1. The van der Waals surface area contributed by atoms with Crippen molar-refractivity contribution in [3.8, 4) is 0 Å². The van der Waals surface area contributed by atoms with Gasteiger partial charge in [-0.2, -0.15) is 0 Å². The molecule has 0 saturated heterocycles. The Balaban J connectivity index is 2.02. The molecule has 3 aromatic rings. The number of thiazole rings is 1. The molecule has 4 nitrogen and oxygen atoms in total. The van der Waals surface area contributed by atoms with E-state index < -0.39 is 0 Å². The van der Waals surface area contributed by atoms with Crippen LogP contribution >= 0.6 is 11.3 Å². The van der Waals surface area contributed by atoms with E-state index in [1.54, 1.807) is 17.5 Å². The molecule has 0 N–H and O–H groups in total. The summed E-state index contributed by atoms with van der Waals surface area (Å²) in [4.78, 5) is 20.0. The number of carbonyl (C=O) groups excluding carboxylic acids is 1. The molecule has 0 fully saturated rings. The molecule has 0 bridgehead atoms. The summed E-state index contributed by atoms with van der Waals surface area (Å²) in [7, 11) is 0. The molecule has 3 heterocycles. The summed E-state index contributed by atoms with van der Waals surface area (Å²) in [6, 6.07) is 3.76. The van der Waals surface area contributed by atoms with Crippen LogP contribution in [0.25, 0.3) is 11.0 Å². The first-order chi connectivity index (χ1) is 9.31. The second-order valence-corrected chi connectivity index (χ2v) is 5.23. The lowest BCUT2D eigenvalue weighted by Gasteiger charge is -2.01. The Morgan fingerprint density at radius 2 is 2.37 bits per heavy atom. The van der Waals surface area contributed by atoms with Gasteiger partial charge in [-0.25, -0.2) is 9.97 Å². The molecule has 5 heteroatoms. The van der Waals surface area contributed by atoms with Crippen molar-refractivity contribution in [2.24, 2.45) is 0 Å². The first kappa shape index (κ1) is 12.0. The van der Waals surface area contributed by atoms with Gasteiger partial charge in [0.15, 0.2) is 6.29 Å². The van der Waals surface area contributed by atoms with E-state index in [1.165, 1.54) is 0 Å². The fourth-order valence-electron chi connectivity index (χ4n) is 2.12. The largest absolute Gasteiger partial charge is 0.326 e. The van der Waals surface area contributed by atoms with Crippen LogP contribution in [0.1, 0.15) is 28.0 Å².